The van der Waals surface area contributed by atoms with E-state index < -0.39 is 12.1 Å². The Morgan fingerprint density at radius 3 is 2.62 bits per heavy atom. The Labute approximate surface area is 251 Å². The number of fused-ring (bicyclic) bond motifs is 3. The molecular formula is C28H27Cl2N9O3. The first kappa shape index (κ1) is 27.9. The van der Waals surface area contributed by atoms with E-state index in [4.69, 9.17) is 28.3 Å². The molecule has 2 aliphatic rings. The lowest BCUT2D eigenvalue weighted by atomic mass is 9.96. The van der Waals surface area contributed by atoms with Crippen molar-refractivity contribution in [2.45, 2.75) is 44.9 Å². The number of pyridine rings is 1. The Hall–Kier alpha value is -4.29. The number of carbonyl (C=O) groups excluding carboxylic acids is 3. The van der Waals surface area contributed by atoms with Crippen molar-refractivity contribution in [2.75, 3.05) is 13.6 Å². The molecule has 0 bridgehead atoms. The highest BCUT2D eigenvalue weighted by molar-refractivity contribution is 6.42. The predicted molar refractivity (Wildman–Crippen MR) is 153 cm³/mol. The van der Waals surface area contributed by atoms with Gasteiger partial charge >= 0.3 is 0 Å². The quantitative estimate of drug-likeness (QED) is 0.368. The normalized spacial score (nSPS) is 18.8. The van der Waals surface area contributed by atoms with Gasteiger partial charge in [-0.05, 0) is 44.2 Å². The summed E-state index contributed by atoms with van der Waals surface area (Å²) < 4.78 is 3.11. The highest BCUT2D eigenvalue weighted by Gasteiger charge is 2.43. The van der Waals surface area contributed by atoms with Gasteiger partial charge in [-0.15, -0.1) is 0 Å². The largest absolute Gasteiger partial charge is 0.357 e. The molecule has 4 aromatic rings. The van der Waals surface area contributed by atoms with Crippen molar-refractivity contribution in [3.05, 3.63) is 87.4 Å². The number of carbonyl (C=O) groups is 3. The molecule has 0 unspecified atom stereocenters. The summed E-state index contributed by atoms with van der Waals surface area (Å²) in [6.07, 6.45) is 5.09. The monoisotopic (exact) mass is 607 g/mol. The van der Waals surface area contributed by atoms with Gasteiger partial charge in [0.25, 0.3) is 11.8 Å². The van der Waals surface area contributed by atoms with Crippen LogP contribution in [0.5, 0.6) is 0 Å². The van der Waals surface area contributed by atoms with Crippen LogP contribution in [0.2, 0.25) is 10.0 Å². The summed E-state index contributed by atoms with van der Waals surface area (Å²) in [6.45, 7) is 4.07. The van der Waals surface area contributed by atoms with E-state index in [9.17, 15) is 14.4 Å². The molecular weight excluding hydrogens is 581 g/mol. The smallest absolute Gasteiger partial charge is 0.273 e. The molecule has 3 atom stereocenters. The molecule has 216 valence electrons. The molecule has 0 radical (unpaired) electrons. The number of nitrogens with zero attached hydrogens (tertiary/aromatic N) is 8. The van der Waals surface area contributed by atoms with Crippen molar-refractivity contribution in [3.63, 3.8) is 0 Å². The third-order valence-electron chi connectivity index (χ3n) is 7.90. The van der Waals surface area contributed by atoms with Gasteiger partial charge < -0.3 is 15.1 Å². The van der Waals surface area contributed by atoms with Gasteiger partial charge in [-0.25, -0.2) is 14.3 Å². The number of likely N-dealkylation sites (N-methyl/N-ethyl adjacent to an activating group) is 1. The lowest BCUT2D eigenvalue weighted by molar-refractivity contribution is -0.125. The van der Waals surface area contributed by atoms with E-state index in [1.807, 2.05) is 26.0 Å². The van der Waals surface area contributed by atoms with Gasteiger partial charge in [0.15, 0.2) is 0 Å². The standard InChI is InChI=1S/C28H27Cl2N9O3/c1-15-8-23-19(11-36(15)27(41)17-4-6-20(29)21(30)9-17)25-28(42)37(12-24(26(40)31-3)39(25)35-23)16(2)22-7-5-18(10-33-22)38-14-32-13-34-38/h4-7,9-10,13-16,24H,8,11-12H2,1-3H3,(H,31,40)/t15-,16+,24+/m1/s1. The topological polar surface area (TPSA) is 131 Å². The zero-order valence-electron chi connectivity index (χ0n) is 23.0. The zero-order valence-corrected chi connectivity index (χ0v) is 24.5. The molecule has 14 heteroatoms. The predicted octanol–water partition coefficient (Wildman–Crippen LogP) is 3.26. The summed E-state index contributed by atoms with van der Waals surface area (Å²) >= 11 is 12.2. The highest BCUT2D eigenvalue weighted by Crippen LogP contribution is 2.35. The van der Waals surface area contributed by atoms with Crippen molar-refractivity contribution in [3.8, 4) is 5.69 Å². The fourth-order valence-electron chi connectivity index (χ4n) is 5.54. The Balaban J connectivity index is 1.35. The van der Waals surface area contributed by atoms with Crippen LogP contribution in [-0.4, -0.2) is 76.7 Å². The first-order chi connectivity index (χ1) is 20.2. The number of halogens is 2. The first-order valence-electron chi connectivity index (χ1n) is 13.4. The lowest BCUT2D eigenvalue weighted by Crippen LogP contribution is -2.49. The number of hydrogen-bond acceptors (Lipinski definition) is 7. The SMILES string of the molecule is CNC(=O)[C@@H]1CN([C@@H](C)c2ccc(-n3cncn3)cn2)C(=O)c2c3c(nn21)C[C@@H](C)N(C(=O)c1ccc(Cl)c(Cl)c1)C3. The Morgan fingerprint density at radius 2 is 1.95 bits per heavy atom. The van der Waals surface area contributed by atoms with Crippen molar-refractivity contribution in [1.29, 1.82) is 0 Å². The van der Waals surface area contributed by atoms with Crippen LogP contribution in [-0.2, 0) is 17.8 Å². The Morgan fingerprint density at radius 1 is 1.14 bits per heavy atom. The van der Waals surface area contributed by atoms with Gasteiger partial charge in [0.05, 0.1) is 52.4 Å². The van der Waals surface area contributed by atoms with Crippen LogP contribution in [0.4, 0.5) is 0 Å². The van der Waals surface area contributed by atoms with Crippen molar-refractivity contribution in [2.24, 2.45) is 0 Å². The van der Waals surface area contributed by atoms with Gasteiger partial charge in [-0.1, -0.05) is 23.2 Å². The molecule has 3 amide bonds. The average molecular weight is 608 g/mol. The third kappa shape index (κ3) is 4.70. The molecule has 0 saturated carbocycles. The second-order valence-corrected chi connectivity index (χ2v) is 11.2. The van der Waals surface area contributed by atoms with Crippen molar-refractivity contribution in [1.82, 2.24) is 44.6 Å². The molecule has 6 rings (SSSR count). The molecule has 0 saturated heterocycles. The maximum Gasteiger partial charge on any atom is 0.273 e. The van der Waals surface area contributed by atoms with Crippen LogP contribution >= 0.6 is 23.2 Å². The molecule has 3 aromatic heterocycles. The van der Waals surface area contributed by atoms with E-state index in [2.05, 4.69) is 20.4 Å². The van der Waals surface area contributed by atoms with Crippen LogP contribution in [0.1, 0.15) is 63.7 Å². The number of benzene rings is 1. The summed E-state index contributed by atoms with van der Waals surface area (Å²) in [5.41, 5.74) is 3.40. The molecule has 12 nitrogen and oxygen atoms in total. The molecule has 0 aliphatic carbocycles. The van der Waals surface area contributed by atoms with Gasteiger partial charge in [0.1, 0.15) is 24.4 Å². The third-order valence-corrected chi connectivity index (χ3v) is 8.63. The summed E-state index contributed by atoms with van der Waals surface area (Å²) in [5, 5.41) is 12.2. The second kappa shape index (κ2) is 10.8. The summed E-state index contributed by atoms with van der Waals surface area (Å²) in [4.78, 5) is 52.6. The van der Waals surface area contributed by atoms with Crippen LogP contribution in [0.15, 0.2) is 49.2 Å². The fraction of sp³-hybridized carbons (Fsp3) is 0.321. The Kier molecular flexibility index (Phi) is 7.19. The Bertz CT molecular complexity index is 1690. The lowest BCUT2D eigenvalue weighted by Gasteiger charge is -2.37. The number of aromatic nitrogens is 6. The van der Waals surface area contributed by atoms with Gasteiger partial charge in [0, 0.05) is 30.6 Å². The van der Waals surface area contributed by atoms with Crippen LogP contribution < -0.4 is 5.32 Å². The van der Waals surface area contributed by atoms with Crippen LogP contribution in [0.3, 0.4) is 0 Å². The van der Waals surface area contributed by atoms with Gasteiger partial charge in [-0.3, -0.25) is 19.4 Å². The molecule has 0 fully saturated rings. The summed E-state index contributed by atoms with van der Waals surface area (Å²) in [7, 11) is 1.56. The van der Waals surface area contributed by atoms with E-state index in [0.29, 0.717) is 39.7 Å². The molecule has 42 heavy (non-hydrogen) atoms. The number of amides is 3. The van der Waals surface area contributed by atoms with E-state index in [0.717, 1.165) is 5.69 Å². The van der Waals surface area contributed by atoms with E-state index >= 15 is 0 Å². The summed E-state index contributed by atoms with van der Waals surface area (Å²) in [5.74, 6) is -0.790. The number of hydrogen-bond donors (Lipinski definition) is 1. The minimum atomic E-state index is -0.750. The molecule has 1 aromatic carbocycles. The van der Waals surface area contributed by atoms with E-state index in [1.54, 1.807) is 52.3 Å². The minimum Gasteiger partial charge on any atom is -0.357 e. The van der Waals surface area contributed by atoms with E-state index in [1.165, 1.54) is 11.0 Å². The molecule has 1 N–H and O–H groups in total. The van der Waals surface area contributed by atoms with Crippen molar-refractivity contribution < 1.29 is 14.4 Å². The zero-order chi connectivity index (χ0) is 29.7. The molecule has 0 spiro atoms. The minimum absolute atomic E-state index is 0.112. The van der Waals surface area contributed by atoms with E-state index in [-0.39, 0.29) is 41.9 Å². The van der Waals surface area contributed by atoms with Crippen LogP contribution in [0.25, 0.3) is 5.69 Å². The van der Waals surface area contributed by atoms with Crippen molar-refractivity contribution >= 4 is 40.9 Å². The fourth-order valence-corrected chi connectivity index (χ4v) is 5.84. The molecule has 2 aliphatic heterocycles. The van der Waals surface area contributed by atoms with Crippen LogP contribution in [0, 0.1) is 0 Å². The first-order valence-corrected chi connectivity index (χ1v) is 14.1. The average Bonchev–Trinajstić information content (AvgIpc) is 3.66. The number of rotatable bonds is 5. The highest BCUT2D eigenvalue weighted by atomic mass is 35.5. The van der Waals surface area contributed by atoms with Gasteiger partial charge in [0.2, 0.25) is 5.91 Å². The summed E-state index contributed by atoms with van der Waals surface area (Å²) in [6, 6.07) is 7.02. The van der Waals surface area contributed by atoms with Gasteiger partial charge in [-0.2, -0.15) is 10.2 Å². The second-order valence-electron chi connectivity index (χ2n) is 10.4. The number of nitrogens with one attached hydrogen (secondary N) is 1. The maximum atomic E-state index is 14.1. The maximum absolute atomic E-state index is 14.1. The molecule has 5 heterocycles.